The number of hydrogen-bond acceptors (Lipinski definition) is 5. The third-order valence-corrected chi connectivity index (χ3v) is 5.71. The van der Waals surface area contributed by atoms with Crippen LogP contribution in [0, 0.1) is 5.82 Å². The highest BCUT2D eigenvalue weighted by atomic mass is 32.2. The Morgan fingerprint density at radius 1 is 1.29 bits per heavy atom. The van der Waals surface area contributed by atoms with Crippen LogP contribution >= 0.6 is 11.8 Å². The summed E-state index contributed by atoms with van der Waals surface area (Å²) in [5.74, 6) is 0.690. The summed E-state index contributed by atoms with van der Waals surface area (Å²) in [4.78, 5) is 12.2. The maximum Gasteiger partial charge on any atom is 0.230 e. The average molecular weight is 407 g/mol. The van der Waals surface area contributed by atoms with Crippen molar-refractivity contribution in [2.24, 2.45) is 0 Å². The summed E-state index contributed by atoms with van der Waals surface area (Å²) in [5, 5.41) is 12.3. The van der Waals surface area contributed by atoms with Gasteiger partial charge in [-0.3, -0.25) is 4.79 Å². The summed E-state index contributed by atoms with van der Waals surface area (Å²) in [6, 6.07) is 6.68. The molecule has 1 aliphatic rings. The molecule has 1 unspecified atom stereocenters. The van der Waals surface area contributed by atoms with Crippen LogP contribution in [0.3, 0.4) is 0 Å². The fraction of sp³-hybridized carbons (Fsp3) is 0.550. The highest BCUT2D eigenvalue weighted by Crippen LogP contribution is 2.28. The van der Waals surface area contributed by atoms with E-state index in [0.29, 0.717) is 22.8 Å². The van der Waals surface area contributed by atoms with Crippen LogP contribution in [0.15, 0.2) is 29.4 Å². The van der Waals surface area contributed by atoms with Gasteiger partial charge in [-0.1, -0.05) is 36.7 Å². The van der Waals surface area contributed by atoms with Gasteiger partial charge in [0.1, 0.15) is 0 Å². The fourth-order valence-electron chi connectivity index (χ4n) is 3.40. The summed E-state index contributed by atoms with van der Waals surface area (Å²) in [7, 11) is 0. The van der Waals surface area contributed by atoms with Crippen molar-refractivity contribution in [2.45, 2.75) is 69.8 Å². The Kier molecular flexibility index (Phi) is 6.93. The quantitative estimate of drug-likeness (QED) is 0.663. The van der Waals surface area contributed by atoms with Crippen molar-refractivity contribution in [3.05, 3.63) is 35.9 Å². The molecule has 1 amide bonds. The molecule has 28 heavy (non-hydrogen) atoms. The van der Waals surface area contributed by atoms with Crippen LogP contribution in [0.2, 0.25) is 0 Å². The monoisotopic (exact) mass is 406 g/mol. The van der Waals surface area contributed by atoms with Gasteiger partial charge in [0.2, 0.25) is 5.91 Å². The predicted octanol–water partition coefficient (Wildman–Crippen LogP) is 4.29. The molecule has 0 aliphatic heterocycles. The van der Waals surface area contributed by atoms with Crippen molar-refractivity contribution < 1.29 is 13.9 Å². The van der Waals surface area contributed by atoms with Crippen molar-refractivity contribution >= 4 is 17.7 Å². The van der Waals surface area contributed by atoms with E-state index in [-0.39, 0.29) is 17.7 Å². The Balaban J connectivity index is 1.67. The number of aromatic nitrogens is 3. The minimum absolute atomic E-state index is 0.0208. The summed E-state index contributed by atoms with van der Waals surface area (Å²) < 4.78 is 21.6. The van der Waals surface area contributed by atoms with Crippen molar-refractivity contribution in [3.63, 3.8) is 0 Å². The Morgan fingerprint density at radius 2 is 2.00 bits per heavy atom. The Hall–Kier alpha value is -2.09. The molecule has 1 aliphatic carbocycles. The zero-order valence-corrected chi connectivity index (χ0v) is 17.3. The number of amides is 1. The molecule has 1 N–H and O–H groups in total. The zero-order valence-electron chi connectivity index (χ0n) is 16.5. The van der Waals surface area contributed by atoms with Crippen LogP contribution in [0.5, 0.6) is 5.75 Å². The molecule has 0 bridgehead atoms. The van der Waals surface area contributed by atoms with Gasteiger partial charge in [0.05, 0.1) is 5.75 Å². The second-order valence-electron chi connectivity index (χ2n) is 7.33. The Morgan fingerprint density at radius 3 is 2.68 bits per heavy atom. The van der Waals surface area contributed by atoms with Crippen molar-refractivity contribution in [2.75, 3.05) is 5.75 Å². The normalized spacial score (nSPS) is 15.8. The smallest absolute Gasteiger partial charge is 0.230 e. The number of hydrogen-bond donors (Lipinski definition) is 1. The maximum atomic E-state index is 13.9. The highest BCUT2D eigenvalue weighted by molar-refractivity contribution is 7.99. The maximum absolute atomic E-state index is 13.9. The Bertz CT molecular complexity index is 805. The molecule has 1 fully saturated rings. The molecule has 0 saturated heterocycles. The van der Waals surface area contributed by atoms with E-state index in [2.05, 4.69) is 15.5 Å². The third-order valence-electron chi connectivity index (χ3n) is 4.76. The summed E-state index contributed by atoms with van der Waals surface area (Å²) in [5.41, 5.74) is 0. The van der Waals surface area contributed by atoms with Gasteiger partial charge in [-0.05, 0) is 45.7 Å². The molecule has 1 aromatic heterocycles. The van der Waals surface area contributed by atoms with Crippen molar-refractivity contribution in [1.29, 1.82) is 0 Å². The van der Waals surface area contributed by atoms with E-state index in [9.17, 15) is 9.18 Å². The number of benzene rings is 1. The van der Waals surface area contributed by atoms with Gasteiger partial charge >= 0.3 is 0 Å². The SMILES string of the molecule is CC(Oc1ccccc1F)c1nnc(SCC(=O)NC2CCCC2)n1C(C)C. The minimum atomic E-state index is -0.478. The molecule has 0 spiro atoms. The summed E-state index contributed by atoms with van der Waals surface area (Å²) in [6.45, 7) is 5.85. The lowest BCUT2D eigenvalue weighted by Gasteiger charge is -2.19. The number of nitrogens with zero attached hydrogens (tertiary/aromatic N) is 3. The van der Waals surface area contributed by atoms with E-state index in [4.69, 9.17) is 4.74 Å². The van der Waals surface area contributed by atoms with Crippen LogP contribution in [0.25, 0.3) is 0 Å². The van der Waals surface area contributed by atoms with Gasteiger partial charge < -0.3 is 14.6 Å². The van der Waals surface area contributed by atoms with Crippen molar-refractivity contribution in [3.8, 4) is 5.75 Å². The van der Waals surface area contributed by atoms with Crippen molar-refractivity contribution in [1.82, 2.24) is 20.1 Å². The molecule has 8 heteroatoms. The van der Waals surface area contributed by atoms with Gasteiger partial charge in [-0.25, -0.2) is 4.39 Å². The summed E-state index contributed by atoms with van der Waals surface area (Å²) >= 11 is 1.36. The van der Waals surface area contributed by atoms with Gasteiger partial charge in [0, 0.05) is 12.1 Å². The number of nitrogens with one attached hydrogen (secondary N) is 1. The number of halogens is 1. The van der Waals surface area contributed by atoms with Crippen LogP contribution in [0.4, 0.5) is 4.39 Å². The van der Waals surface area contributed by atoms with E-state index in [1.165, 1.54) is 30.7 Å². The molecule has 1 aromatic carbocycles. The lowest BCUT2D eigenvalue weighted by Crippen LogP contribution is -2.33. The molecule has 1 saturated carbocycles. The number of ether oxygens (including phenoxy) is 1. The van der Waals surface area contributed by atoms with E-state index >= 15 is 0 Å². The lowest BCUT2D eigenvalue weighted by molar-refractivity contribution is -0.119. The first-order valence-corrected chi connectivity index (χ1v) is 10.7. The third kappa shape index (κ3) is 5.04. The lowest BCUT2D eigenvalue weighted by atomic mass is 10.2. The van der Waals surface area contributed by atoms with Gasteiger partial charge in [0.15, 0.2) is 28.7 Å². The number of carbonyl (C=O) groups is 1. The first kappa shape index (κ1) is 20.6. The molecule has 0 radical (unpaired) electrons. The fourth-order valence-corrected chi connectivity index (χ4v) is 4.29. The number of para-hydroxylation sites is 1. The largest absolute Gasteiger partial charge is 0.480 e. The van der Waals surface area contributed by atoms with Gasteiger partial charge in [-0.15, -0.1) is 10.2 Å². The standard InChI is InChI=1S/C20H27FN4O2S/c1-13(2)25-19(14(3)27-17-11-7-6-10-16(17)21)23-24-20(25)28-12-18(26)22-15-8-4-5-9-15/h6-7,10-11,13-15H,4-5,8-9,12H2,1-3H3,(H,22,26). The van der Waals surface area contributed by atoms with Gasteiger partial charge in [0.25, 0.3) is 0 Å². The van der Waals surface area contributed by atoms with E-state index < -0.39 is 11.9 Å². The molecular formula is C20H27FN4O2S. The topological polar surface area (TPSA) is 69.0 Å². The second-order valence-corrected chi connectivity index (χ2v) is 8.28. The average Bonchev–Trinajstić information content (AvgIpc) is 3.31. The number of thioether (sulfide) groups is 1. The predicted molar refractivity (Wildman–Crippen MR) is 107 cm³/mol. The molecule has 2 aromatic rings. The summed E-state index contributed by atoms with van der Waals surface area (Å²) in [6.07, 6.45) is 4.02. The minimum Gasteiger partial charge on any atom is -0.480 e. The van der Waals surface area contributed by atoms with Crippen LogP contribution in [0.1, 0.15) is 64.4 Å². The zero-order chi connectivity index (χ0) is 20.1. The first-order chi connectivity index (χ1) is 13.5. The second kappa shape index (κ2) is 9.41. The van der Waals surface area contributed by atoms with E-state index in [0.717, 1.165) is 12.8 Å². The van der Waals surface area contributed by atoms with Crippen LogP contribution in [-0.2, 0) is 4.79 Å². The Labute approximate surface area is 169 Å². The van der Waals surface area contributed by atoms with E-state index in [1.54, 1.807) is 18.2 Å². The molecule has 152 valence electrons. The molecule has 1 heterocycles. The molecule has 6 nitrogen and oxygen atoms in total. The number of carbonyl (C=O) groups excluding carboxylic acids is 1. The molecule has 3 rings (SSSR count). The molecular weight excluding hydrogens is 379 g/mol. The van der Waals surface area contributed by atoms with E-state index in [1.807, 2.05) is 25.3 Å². The highest BCUT2D eigenvalue weighted by Gasteiger charge is 2.23. The van der Waals surface area contributed by atoms with Crippen LogP contribution in [-0.4, -0.2) is 32.5 Å². The first-order valence-electron chi connectivity index (χ1n) is 9.74. The number of rotatable bonds is 8. The van der Waals surface area contributed by atoms with Gasteiger partial charge in [-0.2, -0.15) is 0 Å². The van der Waals surface area contributed by atoms with Crippen LogP contribution < -0.4 is 10.1 Å². The molecule has 1 atom stereocenters.